The average Bonchev–Trinajstić information content (AvgIpc) is 2.53. The summed E-state index contributed by atoms with van der Waals surface area (Å²) in [4.78, 5) is 12.2. The molecule has 1 amide bonds. The summed E-state index contributed by atoms with van der Waals surface area (Å²) >= 11 is 0. The highest BCUT2D eigenvalue weighted by molar-refractivity contribution is 5.81. The Balaban J connectivity index is 1.74. The number of aryl methyl sites for hydroxylation is 1. The first-order valence-corrected chi connectivity index (χ1v) is 8.29. The summed E-state index contributed by atoms with van der Waals surface area (Å²) in [6.45, 7) is 2.24. The van der Waals surface area contributed by atoms with Gasteiger partial charge in [0.15, 0.2) is 0 Å². The maximum absolute atomic E-state index is 12.2. The van der Waals surface area contributed by atoms with Crippen molar-refractivity contribution in [1.82, 2.24) is 5.32 Å². The third-order valence-electron chi connectivity index (χ3n) is 4.63. The number of carbonyl (C=O) groups is 1. The Morgan fingerprint density at radius 3 is 2.81 bits per heavy atom. The summed E-state index contributed by atoms with van der Waals surface area (Å²) in [7, 11) is 0. The Morgan fingerprint density at radius 2 is 2.10 bits per heavy atom. The van der Waals surface area contributed by atoms with Crippen molar-refractivity contribution >= 4 is 5.91 Å². The first-order chi connectivity index (χ1) is 10.2. The lowest BCUT2D eigenvalue weighted by Crippen LogP contribution is -2.47. The van der Waals surface area contributed by atoms with E-state index in [1.54, 1.807) is 0 Å². The number of carbonyl (C=O) groups excluding carboxylic acids is 1. The van der Waals surface area contributed by atoms with Gasteiger partial charge < -0.3 is 11.1 Å². The molecule has 0 spiro atoms. The quantitative estimate of drug-likeness (QED) is 0.845. The molecule has 2 unspecified atom stereocenters. The van der Waals surface area contributed by atoms with E-state index in [0.717, 1.165) is 25.2 Å². The van der Waals surface area contributed by atoms with Gasteiger partial charge in [0.25, 0.3) is 0 Å². The van der Waals surface area contributed by atoms with E-state index in [1.165, 1.54) is 24.8 Å². The Kier molecular flexibility index (Phi) is 6.24. The molecule has 1 fully saturated rings. The van der Waals surface area contributed by atoms with Gasteiger partial charge >= 0.3 is 0 Å². The molecule has 3 N–H and O–H groups in total. The highest BCUT2D eigenvalue weighted by Crippen LogP contribution is 2.26. The van der Waals surface area contributed by atoms with Crippen LogP contribution in [0.3, 0.4) is 0 Å². The van der Waals surface area contributed by atoms with Crippen molar-refractivity contribution in [2.45, 2.75) is 64.0 Å². The number of rotatable bonds is 6. The lowest BCUT2D eigenvalue weighted by atomic mass is 9.84. The molecule has 1 aliphatic carbocycles. The molecule has 0 heterocycles. The van der Waals surface area contributed by atoms with Crippen molar-refractivity contribution < 1.29 is 4.79 Å². The molecule has 0 saturated heterocycles. The highest BCUT2D eigenvalue weighted by Gasteiger charge is 2.23. The molecule has 21 heavy (non-hydrogen) atoms. The van der Waals surface area contributed by atoms with Gasteiger partial charge in [-0.15, -0.1) is 0 Å². The van der Waals surface area contributed by atoms with E-state index in [1.807, 2.05) is 18.2 Å². The van der Waals surface area contributed by atoms with Crippen molar-refractivity contribution in [2.24, 2.45) is 11.7 Å². The minimum Gasteiger partial charge on any atom is -0.352 e. The van der Waals surface area contributed by atoms with Gasteiger partial charge in [-0.3, -0.25) is 4.79 Å². The fourth-order valence-electron chi connectivity index (χ4n) is 3.20. The fraction of sp³-hybridized carbons (Fsp3) is 0.611. The van der Waals surface area contributed by atoms with Crippen LogP contribution >= 0.6 is 0 Å². The van der Waals surface area contributed by atoms with Crippen LogP contribution in [0.15, 0.2) is 30.3 Å². The van der Waals surface area contributed by atoms with Gasteiger partial charge in [-0.2, -0.15) is 0 Å². The van der Waals surface area contributed by atoms with Crippen LogP contribution in [0, 0.1) is 5.92 Å². The molecule has 0 aromatic heterocycles. The lowest BCUT2D eigenvalue weighted by Gasteiger charge is -2.29. The highest BCUT2D eigenvalue weighted by atomic mass is 16.2. The van der Waals surface area contributed by atoms with Crippen LogP contribution in [-0.2, 0) is 11.2 Å². The number of benzene rings is 1. The summed E-state index contributed by atoms with van der Waals surface area (Å²) in [6, 6.07) is 10.1. The second-order valence-corrected chi connectivity index (χ2v) is 6.28. The summed E-state index contributed by atoms with van der Waals surface area (Å²) in [5, 5.41) is 3.16. The van der Waals surface area contributed by atoms with E-state index >= 15 is 0 Å². The molecule has 1 saturated carbocycles. The first-order valence-electron chi connectivity index (χ1n) is 8.29. The molecule has 3 heteroatoms. The second-order valence-electron chi connectivity index (χ2n) is 6.28. The van der Waals surface area contributed by atoms with Crippen molar-refractivity contribution in [3.05, 3.63) is 35.9 Å². The summed E-state index contributed by atoms with van der Waals surface area (Å²) in [5.74, 6) is 0.789. The summed E-state index contributed by atoms with van der Waals surface area (Å²) < 4.78 is 0. The molecule has 0 aliphatic heterocycles. The molecule has 1 aromatic carbocycles. The Bertz CT molecular complexity index is 432. The van der Waals surface area contributed by atoms with E-state index in [4.69, 9.17) is 5.73 Å². The minimum atomic E-state index is -0.396. The van der Waals surface area contributed by atoms with Crippen LogP contribution in [-0.4, -0.2) is 18.0 Å². The zero-order valence-electron chi connectivity index (χ0n) is 13.1. The Hall–Kier alpha value is -1.35. The fourth-order valence-corrected chi connectivity index (χ4v) is 3.20. The standard InChI is InChI=1S/C18H28N2O/c1-2-14-9-6-10-16(13-14)20-18(21)17(19)12-11-15-7-4-3-5-8-15/h3-5,7-8,14,16-17H,2,6,9-13,19H2,1H3,(H,20,21)/t14?,16?,17-/m0/s1. The normalized spacial score (nSPS) is 23.5. The van der Waals surface area contributed by atoms with Gasteiger partial charge in [0, 0.05) is 6.04 Å². The monoisotopic (exact) mass is 288 g/mol. The van der Waals surface area contributed by atoms with E-state index in [0.29, 0.717) is 12.5 Å². The van der Waals surface area contributed by atoms with Crippen LogP contribution < -0.4 is 11.1 Å². The second kappa shape index (κ2) is 8.18. The first kappa shape index (κ1) is 16.0. The Morgan fingerprint density at radius 1 is 1.33 bits per heavy atom. The zero-order chi connectivity index (χ0) is 15.1. The van der Waals surface area contributed by atoms with Crippen molar-refractivity contribution in [3.63, 3.8) is 0 Å². The van der Waals surface area contributed by atoms with Gasteiger partial charge in [-0.05, 0) is 37.2 Å². The number of hydrogen-bond acceptors (Lipinski definition) is 2. The maximum atomic E-state index is 12.2. The summed E-state index contributed by atoms with van der Waals surface area (Å²) in [5.41, 5.74) is 7.28. The van der Waals surface area contributed by atoms with Crippen LogP contribution in [0.2, 0.25) is 0 Å². The molecule has 1 aromatic rings. The van der Waals surface area contributed by atoms with Gasteiger partial charge in [0.1, 0.15) is 0 Å². The van der Waals surface area contributed by atoms with Crippen LogP contribution in [0.4, 0.5) is 0 Å². The predicted molar refractivity (Wildman–Crippen MR) is 86.9 cm³/mol. The third kappa shape index (κ3) is 5.16. The van der Waals surface area contributed by atoms with Gasteiger partial charge in [-0.1, -0.05) is 56.5 Å². The van der Waals surface area contributed by atoms with Gasteiger partial charge in [0.05, 0.1) is 6.04 Å². The van der Waals surface area contributed by atoms with Crippen LogP contribution in [0.25, 0.3) is 0 Å². The summed E-state index contributed by atoms with van der Waals surface area (Å²) in [6.07, 6.45) is 7.54. The van der Waals surface area contributed by atoms with E-state index in [-0.39, 0.29) is 5.91 Å². The molecular weight excluding hydrogens is 260 g/mol. The predicted octanol–water partition coefficient (Wildman–Crippen LogP) is 3.03. The number of nitrogens with two attached hydrogens (primary N) is 1. The van der Waals surface area contributed by atoms with Crippen LogP contribution in [0.1, 0.15) is 51.0 Å². The minimum absolute atomic E-state index is 0.0210. The molecule has 3 nitrogen and oxygen atoms in total. The van der Waals surface area contributed by atoms with E-state index in [9.17, 15) is 4.79 Å². The van der Waals surface area contributed by atoms with Gasteiger partial charge in [-0.25, -0.2) is 0 Å². The molecule has 1 aliphatic rings. The zero-order valence-corrected chi connectivity index (χ0v) is 13.1. The van der Waals surface area contributed by atoms with Gasteiger partial charge in [0.2, 0.25) is 5.91 Å². The van der Waals surface area contributed by atoms with Crippen molar-refractivity contribution in [2.75, 3.05) is 0 Å². The Labute approximate surface area is 128 Å². The molecule has 3 atom stereocenters. The topological polar surface area (TPSA) is 55.1 Å². The molecule has 2 rings (SSSR count). The van der Waals surface area contributed by atoms with E-state index < -0.39 is 6.04 Å². The average molecular weight is 288 g/mol. The number of amides is 1. The largest absolute Gasteiger partial charge is 0.352 e. The lowest BCUT2D eigenvalue weighted by molar-refractivity contribution is -0.123. The molecule has 116 valence electrons. The third-order valence-corrected chi connectivity index (χ3v) is 4.63. The smallest absolute Gasteiger partial charge is 0.237 e. The van der Waals surface area contributed by atoms with E-state index in [2.05, 4.69) is 24.4 Å². The molecule has 0 bridgehead atoms. The van der Waals surface area contributed by atoms with Crippen LogP contribution in [0.5, 0.6) is 0 Å². The maximum Gasteiger partial charge on any atom is 0.237 e. The van der Waals surface area contributed by atoms with Crippen molar-refractivity contribution in [1.29, 1.82) is 0 Å². The molecule has 0 radical (unpaired) electrons. The number of nitrogens with one attached hydrogen (secondary N) is 1. The number of hydrogen-bond donors (Lipinski definition) is 2. The van der Waals surface area contributed by atoms with Crippen molar-refractivity contribution in [3.8, 4) is 0 Å². The molecular formula is C18H28N2O. The SMILES string of the molecule is CCC1CCCC(NC(=O)[C@@H](N)CCc2ccccc2)C1.